The molecular weight excluding hydrogens is 479 g/mol. The van der Waals surface area contributed by atoms with E-state index in [4.69, 9.17) is 5.73 Å². The number of carbonyl (C=O) groups excluding carboxylic acids is 2. The number of hydrogen-bond donors (Lipinski definition) is 3. The molecule has 1 unspecified atom stereocenters. The van der Waals surface area contributed by atoms with Crippen molar-refractivity contribution in [2.24, 2.45) is 11.7 Å². The number of aromatic amines is 1. The van der Waals surface area contributed by atoms with Gasteiger partial charge in [0.25, 0.3) is 0 Å². The normalized spacial score (nSPS) is 22.8. The number of halogens is 1. The zero-order chi connectivity index (χ0) is 27.1. The molecular formula is C31H41FN4O2. The summed E-state index contributed by atoms with van der Waals surface area (Å²) in [5.41, 5.74) is 8.05. The first-order valence-corrected chi connectivity index (χ1v) is 14.0. The molecule has 1 saturated heterocycles. The third kappa shape index (κ3) is 6.81. The molecule has 2 aromatic rings. The van der Waals surface area contributed by atoms with Gasteiger partial charge in [-0.05, 0) is 98.3 Å². The minimum Gasteiger partial charge on any atom is -0.368 e. The third-order valence-corrected chi connectivity index (χ3v) is 8.18. The minimum atomic E-state index is -0.374. The van der Waals surface area contributed by atoms with Crippen LogP contribution >= 0.6 is 0 Å². The number of carbonyl (C=O) groups is 2. The fourth-order valence-electron chi connectivity index (χ4n) is 6.05. The van der Waals surface area contributed by atoms with Crippen molar-refractivity contribution in [2.45, 2.75) is 76.8 Å². The summed E-state index contributed by atoms with van der Waals surface area (Å²) in [4.78, 5) is 30.3. The second kappa shape index (κ2) is 13.1. The number of nitrogens with two attached hydrogens (primary N) is 1. The molecule has 0 bridgehead atoms. The van der Waals surface area contributed by atoms with Crippen LogP contribution in [0.5, 0.6) is 0 Å². The van der Waals surface area contributed by atoms with Crippen LogP contribution in [0.15, 0.2) is 36.5 Å². The Balaban J connectivity index is 1.29. The van der Waals surface area contributed by atoms with E-state index in [1.807, 2.05) is 4.90 Å². The molecule has 2 aliphatic rings. The van der Waals surface area contributed by atoms with Gasteiger partial charge in [-0.25, -0.2) is 4.39 Å². The highest BCUT2D eigenvalue weighted by atomic mass is 19.1. The van der Waals surface area contributed by atoms with Crippen molar-refractivity contribution in [3.8, 4) is 0 Å². The molecule has 0 radical (unpaired) electrons. The molecule has 1 aromatic carbocycles. The Hall–Kier alpha value is -3.19. The molecule has 204 valence electrons. The molecule has 1 saturated carbocycles. The smallest absolute Gasteiger partial charge is 0.246 e. The second-order valence-corrected chi connectivity index (χ2v) is 10.6. The lowest BCUT2D eigenvalue weighted by Crippen LogP contribution is -2.54. The van der Waals surface area contributed by atoms with Crippen LogP contribution in [0.2, 0.25) is 0 Å². The van der Waals surface area contributed by atoms with Gasteiger partial charge in [-0.1, -0.05) is 31.2 Å². The summed E-state index contributed by atoms with van der Waals surface area (Å²) >= 11 is 0. The molecule has 38 heavy (non-hydrogen) atoms. The molecule has 0 spiro atoms. The van der Waals surface area contributed by atoms with Crippen molar-refractivity contribution >= 4 is 30.0 Å². The molecule has 1 aliphatic carbocycles. The Morgan fingerprint density at radius 3 is 2.42 bits per heavy atom. The molecule has 2 amide bonds. The summed E-state index contributed by atoms with van der Waals surface area (Å²) in [5.74, 6) is -0.0240. The Kier molecular flexibility index (Phi) is 9.56. The number of rotatable bonds is 8. The van der Waals surface area contributed by atoms with Crippen molar-refractivity contribution in [3.05, 3.63) is 64.1 Å². The van der Waals surface area contributed by atoms with Gasteiger partial charge in [0.15, 0.2) is 0 Å². The van der Waals surface area contributed by atoms with Crippen molar-refractivity contribution < 1.29 is 14.0 Å². The molecule has 4 N–H and O–H groups in total. The van der Waals surface area contributed by atoms with Crippen LogP contribution in [0.4, 0.5) is 4.39 Å². The SMILES string of the molecule is CC=c1[nH]cc(C2CCC(NC(C(N)=O)C3CCN(C(=O)C=Cc4ccc(F)cc4)CC3)CC2)c1=CCC. The van der Waals surface area contributed by atoms with E-state index in [1.165, 1.54) is 34.3 Å². The van der Waals surface area contributed by atoms with Crippen LogP contribution in [0.25, 0.3) is 18.2 Å². The molecule has 6 nitrogen and oxygen atoms in total. The van der Waals surface area contributed by atoms with Gasteiger partial charge in [0.1, 0.15) is 5.82 Å². The van der Waals surface area contributed by atoms with Gasteiger partial charge >= 0.3 is 0 Å². The fraction of sp³-hybridized carbons (Fsp3) is 0.484. The lowest BCUT2D eigenvalue weighted by molar-refractivity contribution is -0.128. The summed E-state index contributed by atoms with van der Waals surface area (Å²) in [6.45, 7) is 5.43. The van der Waals surface area contributed by atoms with Gasteiger partial charge in [-0.3, -0.25) is 9.59 Å². The molecule has 1 aliphatic heterocycles. The van der Waals surface area contributed by atoms with Crippen LogP contribution in [-0.4, -0.2) is 46.9 Å². The monoisotopic (exact) mass is 520 g/mol. The van der Waals surface area contributed by atoms with E-state index in [0.717, 1.165) is 50.5 Å². The van der Waals surface area contributed by atoms with Crippen LogP contribution in [-0.2, 0) is 9.59 Å². The first-order valence-electron chi connectivity index (χ1n) is 14.0. The maximum absolute atomic E-state index is 13.1. The maximum atomic E-state index is 13.1. The standard InChI is InChI=1S/C31H41FN4O2/c1-3-5-26-27(20-34-28(26)4-2)22-9-13-25(14-10-22)35-30(31(33)38)23-16-18-36(19-17-23)29(37)15-8-21-6-11-24(32)12-7-21/h4-8,11-12,15,20,22-23,25,30,34-35H,3,9-10,13-14,16-19H2,1-2H3,(H2,33,38). The summed E-state index contributed by atoms with van der Waals surface area (Å²) in [7, 11) is 0. The summed E-state index contributed by atoms with van der Waals surface area (Å²) in [5, 5.41) is 6.15. The number of piperidine rings is 1. The predicted octanol–water partition coefficient (Wildman–Crippen LogP) is 3.57. The van der Waals surface area contributed by atoms with Gasteiger partial charge in [-0.15, -0.1) is 0 Å². The Morgan fingerprint density at radius 1 is 1.13 bits per heavy atom. The van der Waals surface area contributed by atoms with Crippen LogP contribution in [0.1, 0.15) is 75.8 Å². The van der Waals surface area contributed by atoms with E-state index >= 15 is 0 Å². The molecule has 1 atom stereocenters. The predicted molar refractivity (Wildman–Crippen MR) is 151 cm³/mol. The number of nitrogens with zero attached hydrogens (tertiary/aromatic N) is 1. The Morgan fingerprint density at radius 2 is 1.82 bits per heavy atom. The molecule has 2 heterocycles. The lowest BCUT2D eigenvalue weighted by atomic mass is 9.80. The summed E-state index contributed by atoms with van der Waals surface area (Å²) < 4.78 is 13.1. The summed E-state index contributed by atoms with van der Waals surface area (Å²) in [6, 6.07) is 5.94. The van der Waals surface area contributed by atoms with E-state index in [-0.39, 0.29) is 35.6 Å². The first-order chi connectivity index (χ1) is 18.4. The molecule has 4 rings (SSSR count). The number of nitrogens with one attached hydrogen (secondary N) is 2. The van der Waals surface area contributed by atoms with Gasteiger partial charge in [0.05, 0.1) is 6.04 Å². The van der Waals surface area contributed by atoms with E-state index in [1.54, 1.807) is 18.2 Å². The second-order valence-electron chi connectivity index (χ2n) is 10.6. The number of benzene rings is 1. The highest BCUT2D eigenvalue weighted by Gasteiger charge is 2.34. The molecule has 7 heteroatoms. The average Bonchev–Trinajstić information content (AvgIpc) is 3.34. The topological polar surface area (TPSA) is 91.2 Å². The largest absolute Gasteiger partial charge is 0.368 e. The number of amides is 2. The van der Waals surface area contributed by atoms with E-state index in [2.05, 4.69) is 42.5 Å². The van der Waals surface area contributed by atoms with Crippen molar-refractivity contribution in [1.82, 2.24) is 15.2 Å². The maximum Gasteiger partial charge on any atom is 0.246 e. The van der Waals surface area contributed by atoms with E-state index in [0.29, 0.717) is 19.0 Å². The summed E-state index contributed by atoms with van der Waals surface area (Å²) in [6.07, 6.45) is 16.5. The number of likely N-dealkylation sites (tertiary alicyclic amines) is 1. The molecule has 1 aromatic heterocycles. The number of H-pyrrole nitrogens is 1. The number of hydrogen-bond acceptors (Lipinski definition) is 3. The van der Waals surface area contributed by atoms with Crippen molar-refractivity contribution in [1.29, 1.82) is 0 Å². The number of primary amides is 1. The zero-order valence-corrected chi connectivity index (χ0v) is 22.6. The van der Waals surface area contributed by atoms with Crippen LogP contribution < -0.4 is 21.6 Å². The van der Waals surface area contributed by atoms with Crippen molar-refractivity contribution in [3.63, 3.8) is 0 Å². The van der Waals surface area contributed by atoms with E-state index in [9.17, 15) is 14.0 Å². The Labute approximate surface area is 224 Å². The van der Waals surface area contributed by atoms with Gasteiger partial charge in [0.2, 0.25) is 11.8 Å². The van der Waals surface area contributed by atoms with Crippen LogP contribution in [0, 0.1) is 11.7 Å². The minimum absolute atomic E-state index is 0.0667. The zero-order valence-electron chi connectivity index (χ0n) is 22.6. The number of aromatic nitrogens is 1. The van der Waals surface area contributed by atoms with E-state index < -0.39 is 0 Å². The highest BCUT2D eigenvalue weighted by molar-refractivity contribution is 5.91. The van der Waals surface area contributed by atoms with Crippen molar-refractivity contribution in [2.75, 3.05) is 13.1 Å². The van der Waals surface area contributed by atoms with Gasteiger partial charge in [-0.2, -0.15) is 0 Å². The average molecular weight is 521 g/mol. The third-order valence-electron chi connectivity index (χ3n) is 8.18. The first kappa shape index (κ1) is 27.8. The van der Waals surface area contributed by atoms with Gasteiger partial charge in [0, 0.05) is 36.8 Å². The van der Waals surface area contributed by atoms with Gasteiger partial charge < -0.3 is 20.9 Å². The lowest BCUT2D eigenvalue weighted by Gasteiger charge is -2.38. The highest BCUT2D eigenvalue weighted by Crippen LogP contribution is 2.32. The quantitative estimate of drug-likeness (QED) is 0.465. The fourth-order valence-corrected chi connectivity index (χ4v) is 6.05. The Bertz CT molecular complexity index is 1230. The van der Waals surface area contributed by atoms with Crippen LogP contribution in [0.3, 0.4) is 0 Å². The molecule has 2 fully saturated rings.